The third kappa shape index (κ3) is 3.43. The van der Waals surface area contributed by atoms with E-state index in [0.29, 0.717) is 0 Å². The molecule has 2 aliphatic carbocycles. The van der Waals surface area contributed by atoms with Gasteiger partial charge in [0.2, 0.25) is 12.1 Å². The lowest BCUT2D eigenvalue weighted by atomic mass is 9.76. The van der Waals surface area contributed by atoms with Crippen molar-refractivity contribution in [2.24, 2.45) is 0 Å². The van der Waals surface area contributed by atoms with Crippen molar-refractivity contribution >= 4 is 11.6 Å². The quantitative estimate of drug-likeness (QED) is 0.228. The molecule has 7 atom stereocenters. The van der Waals surface area contributed by atoms with E-state index in [0.717, 1.165) is 0 Å². The molecule has 0 radical (unpaired) electrons. The maximum Gasteiger partial charge on any atom is 0.229 e. The van der Waals surface area contributed by atoms with Crippen LogP contribution in [0.2, 0.25) is 0 Å². The third-order valence-electron chi connectivity index (χ3n) is 6.86. The van der Waals surface area contributed by atoms with Crippen LogP contribution in [0.4, 0.5) is 0 Å². The van der Waals surface area contributed by atoms with Crippen molar-refractivity contribution < 1.29 is 54.8 Å². The van der Waals surface area contributed by atoms with Gasteiger partial charge in [0.05, 0.1) is 35.0 Å². The van der Waals surface area contributed by atoms with E-state index in [2.05, 4.69) is 0 Å². The first kappa shape index (κ1) is 23.7. The SMILES string of the molecule is CC1OC(Oc2cccc3c2C(=O)c2c(O)c4c(c(O)c2C3=O)CC(O)CC4O)C(O)C(O)C1O. The molecule has 11 nitrogen and oxygen atoms in total. The summed E-state index contributed by atoms with van der Waals surface area (Å²) in [6, 6.07) is 4.05. The molecule has 35 heavy (non-hydrogen) atoms. The van der Waals surface area contributed by atoms with E-state index in [-0.39, 0.29) is 40.8 Å². The molecular weight excluding hydrogens is 464 g/mol. The number of carbonyl (C=O) groups is 2. The lowest BCUT2D eigenvalue weighted by Gasteiger charge is -2.39. The van der Waals surface area contributed by atoms with Crippen LogP contribution in [0.1, 0.15) is 62.4 Å². The van der Waals surface area contributed by atoms with E-state index >= 15 is 0 Å². The van der Waals surface area contributed by atoms with Crippen LogP contribution < -0.4 is 4.74 Å². The van der Waals surface area contributed by atoms with Crippen molar-refractivity contribution in [1.82, 2.24) is 0 Å². The Labute approximate surface area is 198 Å². The lowest BCUT2D eigenvalue weighted by Crippen LogP contribution is -2.58. The van der Waals surface area contributed by atoms with Crippen molar-refractivity contribution in [3.63, 3.8) is 0 Å². The number of aliphatic hydroxyl groups excluding tert-OH is 5. The van der Waals surface area contributed by atoms with Gasteiger partial charge in [0.1, 0.15) is 35.6 Å². The summed E-state index contributed by atoms with van der Waals surface area (Å²) < 4.78 is 11.1. The second kappa shape index (κ2) is 8.26. The molecule has 1 heterocycles. The fraction of sp³-hybridized carbons (Fsp3) is 0.417. The smallest absolute Gasteiger partial charge is 0.229 e. The number of ketones is 2. The highest BCUT2D eigenvalue weighted by Gasteiger charge is 2.45. The number of hydrogen-bond acceptors (Lipinski definition) is 11. The van der Waals surface area contributed by atoms with Gasteiger partial charge in [-0.05, 0) is 13.0 Å². The van der Waals surface area contributed by atoms with Crippen LogP contribution in [0, 0.1) is 0 Å². The summed E-state index contributed by atoms with van der Waals surface area (Å²) in [6.45, 7) is 1.45. The van der Waals surface area contributed by atoms with Gasteiger partial charge in [0.15, 0.2) is 5.78 Å². The summed E-state index contributed by atoms with van der Waals surface area (Å²) in [5.74, 6) is -3.14. The normalized spacial score (nSPS) is 32.0. The summed E-state index contributed by atoms with van der Waals surface area (Å²) in [5.41, 5.74) is -1.52. The van der Waals surface area contributed by atoms with Crippen molar-refractivity contribution in [3.05, 3.63) is 51.6 Å². The zero-order valence-corrected chi connectivity index (χ0v) is 18.5. The maximum atomic E-state index is 13.6. The number of hydrogen-bond donors (Lipinski definition) is 7. The number of rotatable bonds is 2. The van der Waals surface area contributed by atoms with Gasteiger partial charge in [-0.1, -0.05) is 12.1 Å². The van der Waals surface area contributed by atoms with E-state index < -0.39 is 77.1 Å². The van der Waals surface area contributed by atoms with Gasteiger partial charge < -0.3 is 45.2 Å². The van der Waals surface area contributed by atoms with E-state index in [9.17, 15) is 45.3 Å². The predicted octanol–water partition coefficient (Wildman–Crippen LogP) is -0.580. The number of aliphatic hydroxyl groups is 5. The summed E-state index contributed by atoms with van der Waals surface area (Å²) in [7, 11) is 0. The van der Waals surface area contributed by atoms with E-state index in [4.69, 9.17) is 9.47 Å². The van der Waals surface area contributed by atoms with E-state index in [1.54, 1.807) is 0 Å². The molecule has 7 unspecified atom stereocenters. The van der Waals surface area contributed by atoms with Crippen LogP contribution in [0.25, 0.3) is 0 Å². The minimum absolute atomic E-state index is 0.00948. The van der Waals surface area contributed by atoms with Gasteiger partial charge in [-0.15, -0.1) is 0 Å². The van der Waals surface area contributed by atoms with Crippen LogP contribution in [0.5, 0.6) is 17.2 Å². The molecule has 1 aliphatic heterocycles. The van der Waals surface area contributed by atoms with Gasteiger partial charge in [-0.25, -0.2) is 0 Å². The maximum absolute atomic E-state index is 13.6. The highest BCUT2D eigenvalue weighted by atomic mass is 16.7. The Morgan fingerprint density at radius 2 is 1.57 bits per heavy atom. The Hall–Kier alpha value is -3.06. The van der Waals surface area contributed by atoms with Gasteiger partial charge in [0, 0.05) is 29.5 Å². The van der Waals surface area contributed by atoms with Crippen molar-refractivity contribution in [2.75, 3.05) is 0 Å². The van der Waals surface area contributed by atoms with Gasteiger partial charge in [-0.2, -0.15) is 0 Å². The van der Waals surface area contributed by atoms with Gasteiger partial charge in [0.25, 0.3) is 0 Å². The molecule has 7 N–H and O–H groups in total. The summed E-state index contributed by atoms with van der Waals surface area (Å²) in [6.07, 6.45) is -9.69. The lowest BCUT2D eigenvalue weighted by molar-refractivity contribution is -0.268. The molecule has 0 spiro atoms. The minimum atomic E-state index is -1.68. The van der Waals surface area contributed by atoms with Crippen molar-refractivity contribution in [2.45, 2.75) is 62.7 Å². The van der Waals surface area contributed by atoms with Crippen LogP contribution in [0.15, 0.2) is 18.2 Å². The molecule has 1 fully saturated rings. The average Bonchev–Trinajstić information content (AvgIpc) is 2.81. The summed E-state index contributed by atoms with van der Waals surface area (Å²) in [5, 5.41) is 72.5. The number of aromatic hydroxyl groups is 2. The molecule has 11 heteroatoms. The van der Waals surface area contributed by atoms with E-state index in [1.807, 2.05) is 0 Å². The Bertz CT molecular complexity index is 1240. The average molecular weight is 488 g/mol. The van der Waals surface area contributed by atoms with E-state index in [1.165, 1.54) is 25.1 Å². The molecule has 0 bridgehead atoms. The highest BCUT2D eigenvalue weighted by Crippen LogP contribution is 2.49. The summed E-state index contributed by atoms with van der Waals surface area (Å²) in [4.78, 5) is 27.0. The first-order chi connectivity index (χ1) is 16.5. The number of benzene rings is 2. The number of fused-ring (bicyclic) bond motifs is 3. The molecule has 1 saturated heterocycles. The van der Waals surface area contributed by atoms with Crippen LogP contribution in [-0.2, 0) is 11.2 Å². The topological polar surface area (TPSA) is 194 Å². The number of carbonyl (C=O) groups excluding carboxylic acids is 2. The Morgan fingerprint density at radius 1 is 0.886 bits per heavy atom. The zero-order valence-electron chi connectivity index (χ0n) is 18.5. The second-order valence-corrected chi connectivity index (χ2v) is 9.09. The Balaban J connectivity index is 1.62. The second-order valence-electron chi connectivity index (χ2n) is 9.09. The monoisotopic (exact) mass is 488 g/mol. The predicted molar refractivity (Wildman–Crippen MR) is 115 cm³/mol. The third-order valence-corrected chi connectivity index (χ3v) is 6.86. The largest absolute Gasteiger partial charge is 0.507 e. The molecular formula is C24H24O11. The molecule has 2 aromatic rings. The fourth-order valence-electron chi connectivity index (χ4n) is 5.04. The molecule has 5 rings (SSSR count). The standard InChI is InChI=1S/C24H24O11/c1-7-17(27)22(32)23(33)24(34-7)35-12-4-2-3-9-14(12)21(31)16-15(18(9)28)19(29)10-5-8(25)6-11(26)13(10)20(16)30/h2-4,7-8,11,17,22-27,29-30,32-33H,5-6H2,1H3. The minimum Gasteiger partial charge on any atom is -0.507 e. The Kier molecular flexibility index (Phi) is 5.59. The van der Waals surface area contributed by atoms with Crippen molar-refractivity contribution in [3.8, 4) is 17.2 Å². The van der Waals surface area contributed by atoms with Gasteiger partial charge >= 0.3 is 0 Å². The molecule has 2 aromatic carbocycles. The molecule has 186 valence electrons. The van der Waals surface area contributed by atoms with Gasteiger partial charge in [-0.3, -0.25) is 9.59 Å². The molecule has 0 aromatic heterocycles. The Morgan fingerprint density at radius 3 is 2.29 bits per heavy atom. The number of phenolic OH excluding ortho intramolecular Hbond substituents is 2. The molecule has 0 saturated carbocycles. The number of phenols is 2. The van der Waals surface area contributed by atoms with Crippen LogP contribution in [0.3, 0.4) is 0 Å². The molecule has 0 amide bonds. The fourth-order valence-corrected chi connectivity index (χ4v) is 5.04. The molecule has 3 aliphatic rings. The highest BCUT2D eigenvalue weighted by molar-refractivity contribution is 6.31. The van der Waals surface area contributed by atoms with Crippen LogP contribution >= 0.6 is 0 Å². The summed E-state index contributed by atoms with van der Waals surface area (Å²) >= 11 is 0. The van der Waals surface area contributed by atoms with Crippen molar-refractivity contribution in [1.29, 1.82) is 0 Å². The first-order valence-corrected chi connectivity index (χ1v) is 11.1. The first-order valence-electron chi connectivity index (χ1n) is 11.1. The zero-order chi connectivity index (χ0) is 25.3. The van der Waals surface area contributed by atoms with Crippen LogP contribution in [-0.4, -0.2) is 84.1 Å². The number of ether oxygens (including phenoxy) is 2.